The maximum Gasteiger partial charge on any atom is 0.177 e. The first-order chi connectivity index (χ1) is 9.99. The van der Waals surface area contributed by atoms with E-state index in [0.717, 1.165) is 25.3 Å². The fraction of sp³-hybridized carbons (Fsp3) is 0.562. The second kappa shape index (κ2) is 5.44. The lowest BCUT2D eigenvalue weighted by Crippen LogP contribution is -2.44. The van der Waals surface area contributed by atoms with E-state index in [0.29, 0.717) is 10.3 Å². The van der Waals surface area contributed by atoms with Crippen molar-refractivity contribution in [2.45, 2.75) is 37.0 Å². The number of hydrogen-bond acceptors (Lipinski definition) is 4. The van der Waals surface area contributed by atoms with Crippen LogP contribution in [0.2, 0.25) is 0 Å². The Kier molecular flexibility index (Phi) is 3.78. The van der Waals surface area contributed by atoms with Gasteiger partial charge in [0, 0.05) is 25.5 Å². The van der Waals surface area contributed by atoms with E-state index in [2.05, 4.69) is 22.0 Å². The summed E-state index contributed by atoms with van der Waals surface area (Å²) in [7, 11) is -3.17. The highest BCUT2D eigenvalue weighted by molar-refractivity contribution is 7.90. The summed E-state index contributed by atoms with van der Waals surface area (Å²) in [6.45, 7) is 2.04. The van der Waals surface area contributed by atoms with Crippen molar-refractivity contribution < 1.29 is 8.42 Å². The van der Waals surface area contributed by atoms with Crippen LogP contribution in [0.1, 0.15) is 32.1 Å². The quantitative estimate of drug-likeness (QED) is 0.788. The van der Waals surface area contributed by atoms with Crippen molar-refractivity contribution in [3.05, 3.63) is 30.5 Å². The summed E-state index contributed by atoms with van der Waals surface area (Å²) in [4.78, 5) is 6.98. The second-order valence-electron chi connectivity index (χ2n) is 6.36. The summed E-state index contributed by atoms with van der Waals surface area (Å²) >= 11 is 0. The van der Waals surface area contributed by atoms with E-state index in [1.165, 1.54) is 38.1 Å². The first-order valence-corrected chi connectivity index (χ1v) is 9.44. The van der Waals surface area contributed by atoms with Gasteiger partial charge in [-0.15, -0.1) is 0 Å². The Labute approximate surface area is 126 Å². The Morgan fingerprint density at radius 3 is 2.71 bits per heavy atom. The van der Waals surface area contributed by atoms with E-state index in [9.17, 15) is 8.42 Å². The highest BCUT2D eigenvalue weighted by Crippen LogP contribution is 2.41. The monoisotopic (exact) mass is 306 g/mol. The molecule has 1 spiro atoms. The molecule has 0 bridgehead atoms. The molecule has 114 valence electrons. The summed E-state index contributed by atoms with van der Waals surface area (Å²) in [5.74, 6) is 0.899. The van der Waals surface area contributed by atoms with Gasteiger partial charge < -0.3 is 4.90 Å². The van der Waals surface area contributed by atoms with Crippen molar-refractivity contribution in [1.82, 2.24) is 4.98 Å². The van der Waals surface area contributed by atoms with Gasteiger partial charge in [-0.3, -0.25) is 0 Å². The second-order valence-corrected chi connectivity index (χ2v) is 8.38. The van der Waals surface area contributed by atoms with Crippen LogP contribution >= 0.6 is 0 Å². The van der Waals surface area contributed by atoms with Gasteiger partial charge in [-0.05, 0) is 49.7 Å². The average molecular weight is 306 g/mol. The molecule has 21 heavy (non-hydrogen) atoms. The number of pyridine rings is 1. The van der Waals surface area contributed by atoms with E-state index in [1.54, 1.807) is 6.07 Å². The van der Waals surface area contributed by atoms with Gasteiger partial charge in [0.1, 0.15) is 5.82 Å². The van der Waals surface area contributed by atoms with Gasteiger partial charge in [0.2, 0.25) is 0 Å². The molecule has 1 saturated heterocycles. The molecule has 1 fully saturated rings. The smallest absolute Gasteiger partial charge is 0.177 e. The van der Waals surface area contributed by atoms with Gasteiger partial charge in [0.25, 0.3) is 0 Å². The third-order valence-corrected chi connectivity index (χ3v) is 5.79. The van der Waals surface area contributed by atoms with E-state index >= 15 is 0 Å². The Morgan fingerprint density at radius 1 is 1.24 bits per heavy atom. The van der Waals surface area contributed by atoms with Gasteiger partial charge in [-0.2, -0.15) is 0 Å². The van der Waals surface area contributed by atoms with Gasteiger partial charge in [0.05, 0.1) is 4.90 Å². The molecular formula is C16H22N2O2S. The van der Waals surface area contributed by atoms with Crippen molar-refractivity contribution in [3.63, 3.8) is 0 Å². The van der Waals surface area contributed by atoms with Crippen LogP contribution in [0.5, 0.6) is 0 Å². The third-order valence-electron chi connectivity index (χ3n) is 4.69. The topological polar surface area (TPSA) is 50.3 Å². The fourth-order valence-electron chi connectivity index (χ4n) is 3.50. The van der Waals surface area contributed by atoms with Crippen molar-refractivity contribution >= 4 is 15.7 Å². The van der Waals surface area contributed by atoms with Crippen LogP contribution in [0.25, 0.3) is 0 Å². The first-order valence-electron chi connectivity index (χ1n) is 7.55. The number of rotatable bonds is 2. The van der Waals surface area contributed by atoms with Crippen molar-refractivity contribution in [1.29, 1.82) is 0 Å². The number of hydrogen-bond donors (Lipinski definition) is 0. The van der Waals surface area contributed by atoms with Gasteiger partial charge in [-0.25, -0.2) is 13.4 Å². The Balaban J connectivity index is 1.79. The number of anilines is 1. The number of allylic oxidation sites excluding steroid dienone is 2. The van der Waals surface area contributed by atoms with Crippen LogP contribution in [0.3, 0.4) is 0 Å². The molecule has 3 rings (SSSR count). The molecule has 0 N–H and O–H groups in total. The van der Waals surface area contributed by atoms with Crippen molar-refractivity contribution in [3.8, 4) is 0 Å². The third kappa shape index (κ3) is 3.12. The molecule has 2 heterocycles. The SMILES string of the molecule is CS(=O)(=O)c1ccc(N2CCCC3(CC=CCC3)C2)nc1. The molecular weight excluding hydrogens is 284 g/mol. The largest absolute Gasteiger partial charge is 0.356 e. The zero-order valence-electron chi connectivity index (χ0n) is 12.5. The summed E-state index contributed by atoms with van der Waals surface area (Å²) < 4.78 is 23.0. The number of aromatic nitrogens is 1. The van der Waals surface area contributed by atoms with Crippen LogP contribution in [-0.4, -0.2) is 32.7 Å². The highest BCUT2D eigenvalue weighted by atomic mass is 32.2. The minimum atomic E-state index is -3.17. The molecule has 1 aromatic rings. The average Bonchev–Trinajstić information content (AvgIpc) is 2.47. The van der Waals surface area contributed by atoms with E-state index in [-0.39, 0.29) is 0 Å². The van der Waals surface area contributed by atoms with Gasteiger partial charge in [0.15, 0.2) is 9.84 Å². The summed E-state index contributed by atoms with van der Waals surface area (Å²) in [6, 6.07) is 3.51. The summed E-state index contributed by atoms with van der Waals surface area (Å²) in [5.41, 5.74) is 0.393. The molecule has 2 aliphatic rings. The molecule has 1 aliphatic carbocycles. The molecule has 0 radical (unpaired) electrons. The molecule has 0 aromatic carbocycles. The molecule has 0 amide bonds. The number of piperidine rings is 1. The standard InChI is InChI=1S/C16H22N2O2S/c1-21(19,20)14-6-7-15(17-12-14)18-11-5-10-16(13-18)8-3-2-4-9-16/h2-3,6-7,12H,4-5,8-11,13H2,1H3. The molecule has 5 heteroatoms. The van der Waals surface area contributed by atoms with Crippen molar-refractivity contribution in [2.24, 2.45) is 5.41 Å². The predicted molar refractivity (Wildman–Crippen MR) is 84.2 cm³/mol. The zero-order chi connectivity index (χ0) is 14.9. The molecule has 0 saturated carbocycles. The lowest BCUT2D eigenvalue weighted by atomic mass is 9.71. The van der Waals surface area contributed by atoms with Gasteiger partial charge >= 0.3 is 0 Å². The summed E-state index contributed by atoms with van der Waals surface area (Å²) in [6.07, 6.45) is 13.3. The highest BCUT2D eigenvalue weighted by Gasteiger charge is 2.35. The van der Waals surface area contributed by atoms with E-state index < -0.39 is 9.84 Å². The Hall–Kier alpha value is -1.36. The lowest BCUT2D eigenvalue weighted by molar-refractivity contribution is 0.209. The maximum absolute atomic E-state index is 11.5. The molecule has 4 nitrogen and oxygen atoms in total. The van der Waals surface area contributed by atoms with Crippen LogP contribution in [0, 0.1) is 5.41 Å². The van der Waals surface area contributed by atoms with Crippen molar-refractivity contribution in [2.75, 3.05) is 24.2 Å². The maximum atomic E-state index is 11.5. The number of nitrogens with zero attached hydrogens (tertiary/aromatic N) is 2. The zero-order valence-corrected chi connectivity index (χ0v) is 13.3. The molecule has 1 aromatic heterocycles. The van der Waals surface area contributed by atoms with Gasteiger partial charge in [-0.1, -0.05) is 12.2 Å². The molecule has 1 atom stereocenters. The van der Waals surface area contributed by atoms with Crippen LogP contribution in [0.4, 0.5) is 5.82 Å². The molecule has 1 aliphatic heterocycles. The minimum absolute atomic E-state index is 0.290. The normalized spacial score (nSPS) is 26.2. The minimum Gasteiger partial charge on any atom is -0.356 e. The van der Waals surface area contributed by atoms with Crippen LogP contribution in [-0.2, 0) is 9.84 Å². The first kappa shape index (κ1) is 14.6. The van der Waals surface area contributed by atoms with Crippen LogP contribution < -0.4 is 4.90 Å². The van der Waals surface area contributed by atoms with E-state index in [1.807, 2.05) is 6.07 Å². The predicted octanol–water partition coefficient (Wildman–Crippen LogP) is 2.81. The summed E-state index contributed by atoms with van der Waals surface area (Å²) in [5, 5.41) is 0. The lowest BCUT2D eigenvalue weighted by Gasteiger charge is -2.44. The van der Waals surface area contributed by atoms with Crippen LogP contribution in [0.15, 0.2) is 35.4 Å². The number of sulfone groups is 1. The fourth-order valence-corrected chi connectivity index (χ4v) is 4.06. The Bertz CT molecular complexity index is 637. The Morgan fingerprint density at radius 2 is 2.10 bits per heavy atom. The van der Waals surface area contributed by atoms with E-state index in [4.69, 9.17) is 0 Å². The molecule has 1 unspecified atom stereocenters.